The average molecular weight is 380 g/mol. The fourth-order valence-electron chi connectivity index (χ4n) is 3.70. The highest BCUT2D eigenvalue weighted by molar-refractivity contribution is 5.97. The Balaban J connectivity index is 1.27. The Bertz CT molecular complexity index is 916. The third kappa shape index (κ3) is 4.21. The van der Waals surface area contributed by atoms with Crippen LogP contribution in [-0.4, -0.2) is 56.1 Å². The fourth-order valence-corrected chi connectivity index (χ4v) is 3.70. The molecular weight excluding hydrogens is 356 g/mol. The molecule has 0 saturated carbocycles. The fraction of sp³-hybridized carbons (Fsp3) is 0.400. The SMILES string of the molecule is O=C(NC[C@H]1CCCN(C(=O)CCn2cncn2)C1)c1cc2ccccc2[nH]1. The number of amides is 2. The number of aromatic amines is 1. The van der Waals surface area contributed by atoms with Crippen molar-refractivity contribution >= 4 is 22.7 Å². The van der Waals surface area contributed by atoms with Crippen LogP contribution < -0.4 is 5.32 Å². The van der Waals surface area contributed by atoms with Crippen molar-refractivity contribution in [1.29, 1.82) is 0 Å². The van der Waals surface area contributed by atoms with Crippen molar-refractivity contribution in [1.82, 2.24) is 30.0 Å². The van der Waals surface area contributed by atoms with E-state index in [-0.39, 0.29) is 17.7 Å². The Labute approximate surface area is 162 Å². The molecule has 0 bridgehead atoms. The van der Waals surface area contributed by atoms with Gasteiger partial charge in [-0.3, -0.25) is 14.3 Å². The number of para-hydroxylation sites is 1. The molecule has 2 amide bonds. The van der Waals surface area contributed by atoms with Gasteiger partial charge >= 0.3 is 0 Å². The molecular formula is C20H24N6O2. The molecule has 0 aliphatic carbocycles. The van der Waals surface area contributed by atoms with E-state index in [1.807, 2.05) is 35.2 Å². The number of carbonyl (C=O) groups is 2. The van der Waals surface area contributed by atoms with Crippen LogP contribution >= 0.6 is 0 Å². The lowest BCUT2D eigenvalue weighted by Gasteiger charge is -2.33. The number of hydrogen-bond acceptors (Lipinski definition) is 4. The molecule has 0 unspecified atom stereocenters. The number of nitrogens with one attached hydrogen (secondary N) is 2. The summed E-state index contributed by atoms with van der Waals surface area (Å²) in [6, 6.07) is 9.69. The molecule has 4 rings (SSSR count). The molecule has 2 aromatic heterocycles. The lowest BCUT2D eigenvalue weighted by Crippen LogP contribution is -2.44. The lowest BCUT2D eigenvalue weighted by atomic mass is 9.97. The van der Waals surface area contributed by atoms with Crippen molar-refractivity contribution in [2.45, 2.75) is 25.8 Å². The molecule has 8 heteroatoms. The highest BCUT2D eigenvalue weighted by Gasteiger charge is 2.24. The van der Waals surface area contributed by atoms with Gasteiger partial charge in [0.05, 0.1) is 6.54 Å². The van der Waals surface area contributed by atoms with Crippen LogP contribution in [0.25, 0.3) is 10.9 Å². The molecule has 28 heavy (non-hydrogen) atoms. The van der Waals surface area contributed by atoms with Crippen molar-refractivity contribution in [3.8, 4) is 0 Å². The van der Waals surface area contributed by atoms with Crippen LogP contribution in [0.1, 0.15) is 29.8 Å². The van der Waals surface area contributed by atoms with Crippen molar-refractivity contribution in [2.24, 2.45) is 5.92 Å². The number of H-pyrrole nitrogens is 1. The van der Waals surface area contributed by atoms with Gasteiger partial charge in [-0.15, -0.1) is 0 Å². The molecule has 1 aromatic carbocycles. The minimum absolute atomic E-state index is 0.106. The number of carbonyl (C=O) groups excluding carboxylic acids is 2. The van der Waals surface area contributed by atoms with Crippen LogP contribution in [-0.2, 0) is 11.3 Å². The molecule has 1 aliphatic rings. The maximum Gasteiger partial charge on any atom is 0.267 e. The Morgan fingerprint density at radius 1 is 1.29 bits per heavy atom. The number of aryl methyl sites for hydroxylation is 1. The maximum absolute atomic E-state index is 12.5. The highest BCUT2D eigenvalue weighted by atomic mass is 16.2. The van der Waals surface area contributed by atoms with E-state index >= 15 is 0 Å². The van der Waals surface area contributed by atoms with Gasteiger partial charge < -0.3 is 15.2 Å². The van der Waals surface area contributed by atoms with E-state index in [1.165, 1.54) is 6.33 Å². The van der Waals surface area contributed by atoms with Gasteiger partial charge in [0.25, 0.3) is 5.91 Å². The van der Waals surface area contributed by atoms with Gasteiger partial charge in [-0.1, -0.05) is 18.2 Å². The van der Waals surface area contributed by atoms with Crippen molar-refractivity contribution in [2.75, 3.05) is 19.6 Å². The summed E-state index contributed by atoms with van der Waals surface area (Å²) in [6.45, 7) is 2.57. The van der Waals surface area contributed by atoms with E-state index in [9.17, 15) is 9.59 Å². The Morgan fingerprint density at radius 3 is 3.00 bits per heavy atom. The third-order valence-corrected chi connectivity index (χ3v) is 5.22. The van der Waals surface area contributed by atoms with Crippen LogP contribution in [0.4, 0.5) is 0 Å². The van der Waals surface area contributed by atoms with Gasteiger partial charge in [0, 0.05) is 37.0 Å². The zero-order chi connectivity index (χ0) is 19.3. The second kappa shape index (κ2) is 8.24. The average Bonchev–Trinajstić information content (AvgIpc) is 3.40. The lowest BCUT2D eigenvalue weighted by molar-refractivity contribution is -0.133. The normalized spacial score (nSPS) is 17.0. The molecule has 0 spiro atoms. The minimum atomic E-state index is -0.106. The summed E-state index contributed by atoms with van der Waals surface area (Å²) >= 11 is 0. The topological polar surface area (TPSA) is 95.9 Å². The minimum Gasteiger partial charge on any atom is -0.351 e. The number of rotatable bonds is 6. The Kier molecular flexibility index (Phi) is 5.36. The number of fused-ring (bicyclic) bond motifs is 1. The first-order valence-corrected chi connectivity index (χ1v) is 9.65. The number of aromatic nitrogens is 4. The van der Waals surface area contributed by atoms with Crippen LogP contribution in [0.2, 0.25) is 0 Å². The zero-order valence-corrected chi connectivity index (χ0v) is 15.7. The summed E-state index contributed by atoms with van der Waals surface area (Å²) in [4.78, 5) is 33.9. The number of piperidine rings is 1. The summed E-state index contributed by atoms with van der Waals surface area (Å²) < 4.78 is 1.67. The van der Waals surface area contributed by atoms with E-state index in [4.69, 9.17) is 0 Å². The van der Waals surface area contributed by atoms with Crippen molar-refractivity contribution < 1.29 is 9.59 Å². The smallest absolute Gasteiger partial charge is 0.267 e. The number of nitrogens with zero attached hydrogens (tertiary/aromatic N) is 4. The van der Waals surface area contributed by atoms with Gasteiger partial charge in [-0.05, 0) is 30.9 Å². The van der Waals surface area contributed by atoms with Crippen LogP contribution in [0, 0.1) is 5.92 Å². The van der Waals surface area contributed by atoms with E-state index in [0.29, 0.717) is 31.7 Å². The molecule has 146 valence electrons. The predicted molar refractivity (Wildman–Crippen MR) is 105 cm³/mol. The molecule has 1 saturated heterocycles. The third-order valence-electron chi connectivity index (χ3n) is 5.22. The van der Waals surface area contributed by atoms with Crippen molar-refractivity contribution in [3.63, 3.8) is 0 Å². The maximum atomic E-state index is 12.5. The largest absolute Gasteiger partial charge is 0.351 e. The van der Waals surface area contributed by atoms with E-state index in [0.717, 1.165) is 30.3 Å². The molecule has 1 fully saturated rings. The second-order valence-electron chi connectivity index (χ2n) is 7.24. The Morgan fingerprint density at radius 2 is 2.18 bits per heavy atom. The van der Waals surface area contributed by atoms with Crippen LogP contribution in [0.5, 0.6) is 0 Å². The molecule has 3 heterocycles. The Hall–Kier alpha value is -3.16. The van der Waals surface area contributed by atoms with Crippen LogP contribution in [0.15, 0.2) is 43.0 Å². The summed E-state index contributed by atoms with van der Waals surface area (Å²) in [5.41, 5.74) is 1.52. The number of hydrogen-bond donors (Lipinski definition) is 2. The number of likely N-dealkylation sites (tertiary alicyclic amines) is 1. The quantitative estimate of drug-likeness (QED) is 0.682. The summed E-state index contributed by atoms with van der Waals surface area (Å²) in [7, 11) is 0. The van der Waals surface area contributed by atoms with Gasteiger partial charge in [0.15, 0.2) is 0 Å². The first-order chi connectivity index (χ1) is 13.7. The first-order valence-electron chi connectivity index (χ1n) is 9.65. The zero-order valence-electron chi connectivity index (χ0n) is 15.7. The van der Waals surface area contributed by atoms with Gasteiger partial charge in [-0.25, -0.2) is 4.98 Å². The van der Waals surface area contributed by atoms with Gasteiger partial charge in [0.1, 0.15) is 18.3 Å². The standard InChI is InChI=1S/C20H24N6O2/c27-19(7-9-26-14-21-13-23-26)25-8-3-4-15(12-25)11-22-20(28)18-10-16-5-1-2-6-17(16)24-18/h1-2,5-6,10,13-15,24H,3-4,7-9,11-12H2,(H,22,28)/t15-/m1/s1. The number of benzene rings is 1. The predicted octanol–water partition coefficient (Wildman–Crippen LogP) is 1.82. The molecule has 3 aromatic rings. The van der Waals surface area contributed by atoms with E-state index in [1.54, 1.807) is 11.0 Å². The summed E-state index contributed by atoms with van der Waals surface area (Å²) in [5, 5.41) is 8.06. The van der Waals surface area contributed by atoms with Crippen LogP contribution in [0.3, 0.4) is 0 Å². The van der Waals surface area contributed by atoms with Crippen molar-refractivity contribution in [3.05, 3.63) is 48.7 Å². The highest BCUT2D eigenvalue weighted by Crippen LogP contribution is 2.18. The van der Waals surface area contributed by atoms with Gasteiger partial charge in [-0.2, -0.15) is 5.10 Å². The molecule has 1 aliphatic heterocycles. The monoisotopic (exact) mass is 380 g/mol. The summed E-state index contributed by atoms with van der Waals surface area (Å²) in [6.07, 6.45) is 5.47. The van der Waals surface area contributed by atoms with E-state index < -0.39 is 0 Å². The molecule has 1 atom stereocenters. The van der Waals surface area contributed by atoms with E-state index in [2.05, 4.69) is 20.4 Å². The second-order valence-corrected chi connectivity index (χ2v) is 7.24. The molecule has 8 nitrogen and oxygen atoms in total. The molecule has 2 N–H and O–H groups in total. The molecule has 0 radical (unpaired) electrons. The first kappa shape index (κ1) is 18.2. The van der Waals surface area contributed by atoms with Gasteiger partial charge in [0.2, 0.25) is 5.91 Å². The summed E-state index contributed by atoms with van der Waals surface area (Å²) in [5.74, 6) is 0.297.